The number of benzene rings is 1. The van der Waals surface area contributed by atoms with Crippen molar-refractivity contribution in [3.8, 4) is 0 Å². The van der Waals surface area contributed by atoms with Crippen molar-refractivity contribution < 1.29 is 0 Å². The van der Waals surface area contributed by atoms with E-state index in [1.807, 2.05) is 31.1 Å². The lowest BCUT2D eigenvalue weighted by Gasteiger charge is -2.30. The fraction of sp³-hybridized carbons (Fsp3) is 0.500. The second kappa shape index (κ2) is 9.87. The quantitative estimate of drug-likeness (QED) is 0.609. The molecule has 0 spiro atoms. The van der Waals surface area contributed by atoms with Gasteiger partial charge in [0, 0.05) is 38.1 Å². The SMILES string of the molecule is CC(C)c1ccccc1NC(=S)N[C@H]1CC[C@@H](Nc2nccc(N(C)C)n2)CC1. The zero-order valence-electron chi connectivity index (χ0n) is 17.8. The molecule has 1 fully saturated rings. The Bertz CT molecular complexity index is 814. The second-order valence-corrected chi connectivity index (χ2v) is 8.57. The van der Waals surface area contributed by atoms with E-state index in [-0.39, 0.29) is 0 Å². The number of hydrogen-bond donors (Lipinski definition) is 3. The van der Waals surface area contributed by atoms with Crippen LogP contribution < -0.4 is 20.9 Å². The van der Waals surface area contributed by atoms with E-state index in [4.69, 9.17) is 12.2 Å². The van der Waals surface area contributed by atoms with Crippen LogP contribution in [0, 0.1) is 0 Å². The first-order valence-corrected chi connectivity index (χ1v) is 10.8. The first-order chi connectivity index (χ1) is 13.9. The Balaban J connectivity index is 1.47. The van der Waals surface area contributed by atoms with Crippen LogP contribution in [0.5, 0.6) is 0 Å². The minimum Gasteiger partial charge on any atom is -0.363 e. The third-order valence-corrected chi connectivity index (χ3v) is 5.55. The Morgan fingerprint density at radius 2 is 1.76 bits per heavy atom. The van der Waals surface area contributed by atoms with Crippen LogP contribution in [0.1, 0.15) is 51.0 Å². The van der Waals surface area contributed by atoms with Crippen molar-refractivity contribution in [2.75, 3.05) is 29.6 Å². The molecule has 1 aliphatic carbocycles. The second-order valence-electron chi connectivity index (χ2n) is 8.17. The normalized spacial score (nSPS) is 18.9. The van der Waals surface area contributed by atoms with Gasteiger partial charge in [-0.2, -0.15) is 4.98 Å². The van der Waals surface area contributed by atoms with Crippen LogP contribution in [0.15, 0.2) is 36.5 Å². The smallest absolute Gasteiger partial charge is 0.224 e. The Morgan fingerprint density at radius 3 is 2.45 bits per heavy atom. The number of nitrogens with zero attached hydrogens (tertiary/aromatic N) is 3. The van der Waals surface area contributed by atoms with Crippen molar-refractivity contribution in [1.29, 1.82) is 0 Å². The van der Waals surface area contributed by atoms with Crippen molar-refractivity contribution in [2.24, 2.45) is 0 Å². The molecule has 1 aliphatic rings. The molecule has 0 radical (unpaired) electrons. The van der Waals surface area contributed by atoms with Gasteiger partial charge >= 0.3 is 0 Å². The summed E-state index contributed by atoms with van der Waals surface area (Å²) in [6.07, 6.45) is 6.07. The van der Waals surface area contributed by atoms with Gasteiger partial charge in [0.05, 0.1) is 0 Å². The molecule has 3 rings (SSSR count). The Labute approximate surface area is 179 Å². The Hall–Kier alpha value is -2.41. The summed E-state index contributed by atoms with van der Waals surface area (Å²) in [4.78, 5) is 10.9. The molecule has 0 amide bonds. The summed E-state index contributed by atoms with van der Waals surface area (Å²) in [5.74, 6) is 2.07. The summed E-state index contributed by atoms with van der Waals surface area (Å²) in [5.41, 5.74) is 2.37. The van der Waals surface area contributed by atoms with Crippen molar-refractivity contribution >= 4 is 34.8 Å². The standard InChI is InChI=1S/C22H32N6S/c1-15(2)18-7-5-6-8-19(18)26-22(29)25-17-11-9-16(10-12-17)24-21-23-14-13-20(27-21)28(3)4/h5-8,13-17H,9-12H2,1-4H3,(H,23,24,27)(H2,25,26,29)/t16-,17+. The van der Waals surface area contributed by atoms with E-state index >= 15 is 0 Å². The highest BCUT2D eigenvalue weighted by molar-refractivity contribution is 7.80. The monoisotopic (exact) mass is 412 g/mol. The Morgan fingerprint density at radius 1 is 1.07 bits per heavy atom. The molecule has 0 aliphatic heterocycles. The number of anilines is 3. The number of thiocarbonyl (C=S) groups is 1. The molecule has 0 unspecified atom stereocenters. The summed E-state index contributed by atoms with van der Waals surface area (Å²) in [5, 5.41) is 11.1. The van der Waals surface area contributed by atoms with Crippen LogP contribution in [-0.2, 0) is 0 Å². The molecule has 0 saturated heterocycles. The van der Waals surface area contributed by atoms with Crippen LogP contribution in [0.25, 0.3) is 0 Å². The predicted molar refractivity (Wildman–Crippen MR) is 126 cm³/mol. The molecule has 7 heteroatoms. The van der Waals surface area contributed by atoms with Crippen molar-refractivity contribution in [3.63, 3.8) is 0 Å². The van der Waals surface area contributed by atoms with Crippen LogP contribution in [0.3, 0.4) is 0 Å². The molecule has 29 heavy (non-hydrogen) atoms. The molecule has 1 aromatic carbocycles. The van der Waals surface area contributed by atoms with Gasteiger partial charge < -0.3 is 20.9 Å². The summed E-state index contributed by atoms with van der Waals surface area (Å²) in [7, 11) is 3.97. The third kappa shape index (κ3) is 6.03. The summed E-state index contributed by atoms with van der Waals surface area (Å²) in [6, 6.07) is 11.1. The van der Waals surface area contributed by atoms with E-state index < -0.39 is 0 Å². The molecule has 3 N–H and O–H groups in total. The van der Waals surface area contributed by atoms with Crippen molar-refractivity contribution in [2.45, 2.75) is 57.5 Å². The highest BCUT2D eigenvalue weighted by Gasteiger charge is 2.22. The molecular formula is C22H32N6S. The lowest BCUT2D eigenvalue weighted by molar-refractivity contribution is 0.387. The molecule has 6 nitrogen and oxygen atoms in total. The molecule has 1 aromatic heterocycles. The van der Waals surface area contributed by atoms with Gasteiger partial charge in [0.15, 0.2) is 5.11 Å². The molecule has 2 aromatic rings. The van der Waals surface area contributed by atoms with Crippen molar-refractivity contribution in [3.05, 3.63) is 42.1 Å². The number of aromatic nitrogens is 2. The molecule has 0 bridgehead atoms. The largest absolute Gasteiger partial charge is 0.363 e. The van der Waals surface area contributed by atoms with E-state index in [2.05, 4.69) is 58.0 Å². The van der Waals surface area contributed by atoms with Crippen molar-refractivity contribution in [1.82, 2.24) is 15.3 Å². The highest BCUT2D eigenvalue weighted by atomic mass is 32.1. The molecule has 1 heterocycles. The van der Waals surface area contributed by atoms with Gasteiger partial charge in [-0.25, -0.2) is 4.98 Å². The van der Waals surface area contributed by atoms with Gasteiger partial charge in [0.25, 0.3) is 0 Å². The average molecular weight is 413 g/mol. The van der Waals surface area contributed by atoms with E-state index in [0.29, 0.717) is 29.1 Å². The predicted octanol–water partition coefficient (Wildman–Crippen LogP) is 4.38. The molecule has 0 atom stereocenters. The van der Waals surface area contributed by atoms with Gasteiger partial charge in [0.1, 0.15) is 5.82 Å². The average Bonchev–Trinajstić information content (AvgIpc) is 2.70. The van der Waals surface area contributed by atoms with Gasteiger partial charge in [-0.1, -0.05) is 32.0 Å². The van der Waals surface area contributed by atoms with E-state index in [1.165, 1.54) is 5.56 Å². The fourth-order valence-electron chi connectivity index (χ4n) is 3.69. The van der Waals surface area contributed by atoms with Crippen LogP contribution in [0.4, 0.5) is 17.5 Å². The van der Waals surface area contributed by atoms with Gasteiger partial charge in [-0.05, 0) is 61.5 Å². The number of hydrogen-bond acceptors (Lipinski definition) is 5. The first kappa shape index (κ1) is 21.3. The van der Waals surface area contributed by atoms with Gasteiger partial charge in [0.2, 0.25) is 5.95 Å². The van der Waals surface area contributed by atoms with E-state index in [1.54, 1.807) is 6.20 Å². The van der Waals surface area contributed by atoms with Crippen LogP contribution in [-0.4, -0.2) is 41.3 Å². The first-order valence-electron chi connectivity index (χ1n) is 10.4. The minimum atomic E-state index is 0.397. The maximum atomic E-state index is 5.57. The topological polar surface area (TPSA) is 65.1 Å². The molecule has 1 saturated carbocycles. The maximum absolute atomic E-state index is 5.57. The summed E-state index contributed by atoms with van der Waals surface area (Å²) >= 11 is 5.57. The zero-order chi connectivity index (χ0) is 20.8. The summed E-state index contributed by atoms with van der Waals surface area (Å²) < 4.78 is 0. The minimum absolute atomic E-state index is 0.397. The zero-order valence-corrected chi connectivity index (χ0v) is 18.6. The van der Waals surface area contributed by atoms with Gasteiger partial charge in [-0.15, -0.1) is 0 Å². The number of rotatable bonds is 6. The lowest BCUT2D eigenvalue weighted by atomic mass is 9.91. The number of nitrogens with one attached hydrogen (secondary N) is 3. The van der Waals surface area contributed by atoms with Crippen LogP contribution in [0.2, 0.25) is 0 Å². The van der Waals surface area contributed by atoms with E-state index in [9.17, 15) is 0 Å². The van der Waals surface area contributed by atoms with Gasteiger partial charge in [-0.3, -0.25) is 0 Å². The highest BCUT2D eigenvalue weighted by Crippen LogP contribution is 2.25. The van der Waals surface area contributed by atoms with E-state index in [0.717, 1.165) is 37.2 Å². The number of para-hydroxylation sites is 1. The lowest BCUT2D eigenvalue weighted by Crippen LogP contribution is -2.42. The maximum Gasteiger partial charge on any atom is 0.224 e. The molecule has 156 valence electrons. The molecular weight excluding hydrogens is 380 g/mol. The Kier molecular flexibility index (Phi) is 7.25. The summed E-state index contributed by atoms with van der Waals surface area (Å²) in [6.45, 7) is 4.40. The fourth-order valence-corrected chi connectivity index (χ4v) is 3.97. The van der Waals surface area contributed by atoms with Crippen LogP contribution >= 0.6 is 12.2 Å². The third-order valence-electron chi connectivity index (χ3n) is 5.33.